The number of ether oxygens (including phenoxy) is 3. The van der Waals surface area contributed by atoms with Crippen molar-refractivity contribution in [3.63, 3.8) is 0 Å². The van der Waals surface area contributed by atoms with Crippen molar-refractivity contribution in [1.82, 2.24) is 5.32 Å². The lowest BCUT2D eigenvalue weighted by Gasteiger charge is -2.16. The predicted octanol–water partition coefficient (Wildman–Crippen LogP) is 2.29. The number of carbonyl (C=O) groups is 1. The van der Waals surface area contributed by atoms with Crippen molar-refractivity contribution in [2.75, 3.05) is 20.8 Å². The quantitative estimate of drug-likeness (QED) is 0.837. The molecule has 8 heteroatoms. The summed E-state index contributed by atoms with van der Waals surface area (Å²) in [5, 5.41) is 2.49. The Balaban J connectivity index is 2.59. The molecular weight excluding hydrogens is 303 g/mol. The second kappa shape index (κ2) is 7.88. The molecule has 0 aliphatic heterocycles. The summed E-state index contributed by atoms with van der Waals surface area (Å²) in [6.45, 7) is -0.132. The number of benzene rings is 1. The van der Waals surface area contributed by atoms with E-state index in [1.165, 1.54) is 21.1 Å². The molecule has 0 bridgehead atoms. The highest BCUT2D eigenvalue weighted by Crippen LogP contribution is 2.23. The van der Waals surface area contributed by atoms with Crippen LogP contribution in [0.1, 0.15) is 12.5 Å². The van der Waals surface area contributed by atoms with E-state index in [1.54, 1.807) is 18.2 Å². The van der Waals surface area contributed by atoms with E-state index in [0.29, 0.717) is 17.1 Å². The van der Waals surface area contributed by atoms with Crippen LogP contribution in [0.15, 0.2) is 18.2 Å². The molecular formula is C14H18F3NO4. The number of nitrogens with one attached hydrogen (secondary N) is 1. The Kier molecular flexibility index (Phi) is 6.48. The van der Waals surface area contributed by atoms with E-state index >= 15 is 0 Å². The number of hydrogen-bond acceptors (Lipinski definition) is 4. The van der Waals surface area contributed by atoms with Crippen molar-refractivity contribution in [2.45, 2.75) is 25.7 Å². The average Bonchev–Trinajstić information content (AvgIpc) is 2.48. The molecule has 1 atom stereocenters. The third kappa shape index (κ3) is 5.80. The zero-order valence-corrected chi connectivity index (χ0v) is 12.5. The molecule has 1 aromatic rings. The first-order valence-corrected chi connectivity index (χ1v) is 6.43. The maximum Gasteiger partial charge on any atom is 0.411 e. The van der Waals surface area contributed by atoms with Crippen LogP contribution >= 0.6 is 0 Å². The maximum absolute atomic E-state index is 12.0. The van der Waals surface area contributed by atoms with E-state index in [-0.39, 0.29) is 6.54 Å². The molecule has 0 aliphatic rings. The number of methoxy groups -OCH3 is 2. The first kappa shape index (κ1) is 18.1. The van der Waals surface area contributed by atoms with Crippen LogP contribution in [0.5, 0.6) is 11.5 Å². The van der Waals surface area contributed by atoms with Crippen molar-refractivity contribution >= 4 is 5.91 Å². The molecule has 1 rings (SSSR count). The fourth-order valence-electron chi connectivity index (χ4n) is 1.64. The van der Waals surface area contributed by atoms with E-state index < -0.39 is 24.8 Å². The van der Waals surface area contributed by atoms with Crippen LogP contribution in [-0.4, -0.2) is 39.0 Å². The van der Waals surface area contributed by atoms with Gasteiger partial charge in [-0.25, -0.2) is 0 Å². The third-order valence-corrected chi connectivity index (χ3v) is 2.81. The Morgan fingerprint density at radius 2 is 1.95 bits per heavy atom. The van der Waals surface area contributed by atoms with Crippen LogP contribution in [0.4, 0.5) is 13.2 Å². The highest BCUT2D eigenvalue weighted by Gasteiger charge is 2.29. The van der Waals surface area contributed by atoms with Crippen LogP contribution in [0.25, 0.3) is 0 Å². The molecule has 1 N–H and O–H groups in total. The van der Waals surface area contributed by atoms with Gasteiger partial charge in [0, 0.05) is 12.1 Å². The van der Waals surface area contributed by atoms with E-state index in [9.17, 15) is 18.0 Å². The van der Waals surface area contributed by atoms with Crippen LogP contribution in [0, 0.1) is 0 Å². The topological polar surface area (TPSA) is 56.8 Å². The molecule has 0 heterocycles. The molecule has 1 aromatic carbocycles. The highest BCUT2D eigenvalue weighted by atomic mass is 19.4. The molecule has 0 fully saturated rings. The lowest BCUT2D eigenvalue weighted by atomic mass is 10.2. The third-order valence-electron chi connectivity index (χ3n) is 2.81. The largest absolute Gasteiger partial charge is 0.497 e. The Labute approximate surface area is 126 Å². The van der Waals surface area contributed by atoms with Gasteiger partial charge in [-0.3, -0.25) is 4.79 Å². The SMILES string of the molecule is COc1ccc(OC)c(CNC(=O)[C@H](C)OCC(F)(F)F)c1. The molecule has 0 radical (unpaired) electrons. The molecule has 0 saturated carbocycles. The summed E-state index contributed by atoms with van der Waals surface area (Å²) >= 11 is 0. The fraction of sp³-hybridized carbons (Fsp3) is 0.500. The summed E-state index contributed by atoms with van der Waals surface area (Å²) < 4.78 is 50.8. The Hall–Kier alpha value is -1.96. The standard InChI is InChI=1S/C14H18F3NO4/c1-9(22-8-14(15,16)17)13(19)18-7-10-6-11(20-2)4-5-12(10)21-3/h4-6,9H,7-8H2,1-3H3,(H,18,19)/t9-/m0/s1. The van der Waals surface area contributed by atoms with Crippen LogP contribution in [0.2, 0.25) is 0 Å². The molecule has 124 valence electrons. The molecule has 0 spiro atoms. The van der Waals surface area contributed by atoms with Crippen LogP contribution < -0.4 is 14.8 Å². The summed E-state index contributed by atoms with van der Waals surface area (Å²) in [5.74, 6) is 0.463. The van der Waals surface area contributed by atoms with Gasteiger partial charge >= 0.3 is 6.18 Å². The summed E-state index contributed by atoms with van der Waals surface area (Å²) in [7, 11) is 2.97. The number of alkyl halides is 3. The van der Waals surface area contributed by atoms with Gasteiger partial charge in [-0.2, -0.15) is 13.2 Å². The van der Waals surface area contributed by atoms with Gasteiger partial charge in [-0.05, 0) is 25.1 Å². The monoisotopic (exact) mass is 321 g/mol. The average molecular weight is 321 g/mol. The van der Waals surface area contributed by atoms with Crippen molar-refractivity contribution in [2.24, 2.45) is 0 Å². The molecule has 5 nitrogen and oxygen atoms in total. The molecule has 0 aromatic heterocycles. The van der Waals surface area contributed by atoms with E-state index in [1.807, 2.05) is 0 Å². The number of carbonyl (C=O) groups excluding carboxylic acids is 1. The van der Waals surface area contributed by atoms with E-state index in [2.05, 4.69) is 10.1 Å². The predicted molar refractivity (Wildman–Crippen MR) is 72.9 cm³/mol. The van der Waals surface area contributed by atoms with Gasteiger partial charge in [0.2, 0.25) is 5.91 Å². The minimum absolute atomic E-state index is 0.0823. The van der Waals surface area contributed by atoms with Gasteiger partial charge in [0.25, 0.3) is 0 Å². The van der Waals surface area contributed by atoms with Gasteiger partial charge < -0.3 is 19.5 Å². The lowest BCUT2D eigenvalue weighted by Crippen LogP contribution is -2.36. The van der Waals surface area contributed by atoms with Gasteiger partial charge in [-0.15, -0.1) is 0 Å². The minimum Gasteiger partial charge on any atom is -0.497 e. The van der Waals surface area contributed by atoms with Crippen molar-refractivity contribution in [3.05, 3.63) is 23.8 Å². The zero-order valence-electron chi connectivity index (χ0n) is 12.5. The Morgan fingerprint density at radius 3 is 2.50 bits per heavy atom. The molecule has 0 saturated heterocycles. The van der Waals surface area contributed by atoms with Gasteiger partial charge in [-0.1, -0.05) is 0 Å². The van der Waals surface area contributed by atoms with E-state index in [4.69, 9.17) is 9.47 Å². The second-order valence-electron chi connectivity index (χ2n) is 4.46. The summed E-state index contributed by atoms with van der Waals surface area (Å²) in [6.07, 6.45) is -5.68. The van der Waals surface area contributed by atoms with E-state index in [0.717, 1.165) is 0 Å². The summed E-state index contributed by atoms with van der Waals surface area (Å²) in [5.41, 5.74) is 0.637. The number of hydrogen-bond donors (Lipinski definition) is 1. The summed E-state index contributed by atoms with van der Waals surface area (Å²) in [4.78, 5) is 11.7. The Morgan fingerprint density at radius 1 is 1.27 bits per heavy atom. The first-order chi connectivity index (χ1) is 10.3. The highest BCUT2D eigenvalue weighted by molar-refractivity contribution is 5.80. The van der Waals surface area contributed by atoms with Crippen molar-refractivity contribution < 1.29 is 32.2 Å². The number of rotatable bonds is 7. The van der Waals surface area contributed by atoms with Crippen molar-refractivity contribution in [1.29, 1.82) is 0 Å². The minimum atomic E-state index is -4.47. The van der Waals surface area contributed by atoms with Crippen LogP contribution in [0.3, 0.4) is 0 Å². The van der Waals surface area contributed by atoms with Gasteiger partial charge in [0.15, 0.2) is 0 Å². The molecule has 1 amide bonds. The number of halogens is 3. The van der Waals surface area contributed by atoms with Gasteiger partial charge in [0.1, 0.15) is 24.2 Å². The first-order valence-electron chi connectivity index (χ1n) is 6.43. The molecule has 0 aliphatic carbocycles. The maximum atomic E-state index is 12.0. The normalized spacial score (nSPS) is 12.6. The number of amides is 1. The van der Waals surface area contributed by atoms with Gasteiger partial charge in [0.05, 0.1) is 14.2 Å². The molecule has 22 heavy (non-hydrogen) atoms. The smallest absolute Gasteiger partial charge is 0.411 e. The fourth-order valence-corrected chi connectivity index (χ4v) is 1.64. The lowest BCUT2D eigenvalue weighted by molar-refractivity contribution is -0.185. The van der Waals surface area contributed by atoms with Crippen LogP contribution in [-0.2, 0) is 16.1 Å². The summed E-state index contributed by atoms with van der Waals surface area (Å²) in [6, 6.07) is 5.03. The second-order valence-corrected chi connectivity index (χ2v) is 4.46. The Bertz CT molecular complexity index is 505. The zero-order chi connectivity index (χ0) is 16.8. The van der Waals surface area contributed by atoms with Crippen molar-refractivity contribution in [3.8, 4) is 11.5 Å². The molecule has 0 unspecified atom stereocenters.